The van der Waals surface area contributed by atoms with E-state index in [4.69, 9.17) is 4.74 Å². The van der Waals surface area contributed by atoms with Crippen LogP contribution in [0.1, 0.15) is 29.6 Å². The molecule has 1 heterocycles. The number of amides is 2. The Bertz CT molecular complexity index is 570. The van der Waals surface area contributed by atoms with Crippen LogP contribution in [0, 0.1) is 0 Å². The third kappa shape index (κ3) is 5.06. The highest BCUT2D eigenvalue weighted by Crippen LogP contribution is 2.09. The van der Waals surface area contributed by atoms with Crippen LogP contribution in [-0.4, -0.2) is 60.1 Å². The SMILES string of the molecule is O=C(NC(CO)C(=O)OCC(=O)N1CCCCC1)c1ccccc1. The Hall–Kier alpha value is -2.41. The van der Waals surface area contributed by atoms with Gasteiger partial charge in [-0.1, -0.05) is 18.2 Å². The number of nitrogens with one attached hydrogen (secondary N) is 1. The van der Waals surface area contributed by atoms with E-state index in [0.29, 0.717) is 18.7 Å². The molecule has 0 radical (unpaired) electrons. The third-order valence-corrected chi connectivity index (χ3v) is 3.86. The molecule has 0 aromatic heterocycles. The van der Waals surface area contributed by atoms with Crippen LogP contribution in [0.2, 0.25) is 0 Å². The number of aliphatic hydroxyl groups is 1. The van der Waals surface area contributed by atoms with Crippen LogP contribution in [-0.2, 0) is 14.3 Å². The van der Waals surface area contributed by atoms with Crippen LogP contribution in [0.4, 0.5) is 0 Å². The van der Waals surface area contributed by atoms with Crippen molar-refractivity contribution in [1.82, 2.24) is 10.2 Å². The molecule has 2 N–H and O–H groups in total. The van der Waals surface area contributed by atoms with E-state index >= 15 is 0 Å². The van der Waals surface area contributed by atoms with E-state index < -0.39 is 24.5 Å². The van der Waals surface area contributed by atoms with Gasteiger partial charge < -0.3 is 20.1 Å². The summed E-state index contributed by atoms with van der Waals surface area (Å²) in [4.78, 5) is 37.6. The van der Waals surface area contributed by atoms with E-state index in [1.165, 1.54) is 0 Å². The van der Waals surface area contributed by atoms with Gasteiger partial charge in [-0.05, 0) is 31.4 Å². The van der Waals surface area contributed by atoms with Gasteiger partial charge in [-0.2, -0.15) is 0 Å². The van der Waals surface area contributed by atoms with Gasteiger partial charge in [0.25, 0.3) is 11.8 Å². The van der Waals surface area contributed by atoms with Gasteiger partial charge in [0.1, 0.15) is 0 Å². The second-order valence-electron chi connectivity index (χ2n) is 5.62. The summed E-state index contributed by atoms with van der Waals surface area (Å²) in [5.74, 6) is -1.57. The summed E-state index contributed by atoms with van der Waals surface area (Å²) >= 11 is 0. The van der Waals surface area contributed by atoms with Crippen molar-refractivity contribution in [2.24, 2.45) is 0 Å². The molecule has 1 aliphatic heterocycles. The Morgan fingerprint density at radius 1 is 1.12 bits per heavy atom. The summed E-state index contributed by atoms with van der Waals surface area (Å²) in [6.07, 6.45) is 3.00. The number of ether oxygens (including phenoxy) is 1. The maximum absolute atomic E-state index is 12.0. The van der Waals surface area contributed by atoms with Crippen LogP contribution >= 0.6 is 0 Å². The predicted molar refractivity (Wildman–Crippen MR) is 86.2 cm³/mol. The number of esters is 1. The van der Waals surface area contributed by atoms with Crippen LogP contribution in [0.25, 0.3) is 0 Å². The minimum atomic E-state index is -1.20. The molecule has 1 fully saturated rings. The van der Waals surface area contributed by atoms with Gasteiger partial charge in [0, 0.05) is 18.7 Å². The van der Waals surface area contributed by atoms with Gasteiger partial charge in [-0.15, -0.1) is 0 Å². The number of piperidine rings is 1. The Labute approximate surface area is 140 Å². The molecule has 7 heteroatoms. The number of carbonyl (C=O) groups excluding carboxylic acids is 3. The molecular formula is C17H22N2O5. The van der Waals surface area contributed by atoms with Crippen molar-refractivity contribution >= 4 is 17.8 Å². The summed E-state index contributed by atoms with van der Waals surface area (Å²) in [6.45, 7) is 0.362. The zero-order chi connectivity index (χ0) is 17.4. The van der Waals surface area contributed by atoms with E-state index in [1.54, 1.807) is 35.2 Å². The second kappa shape index (κ2) is 9.02. The predicted octanol–water partition coefficient (Wildman–Crippen LogP) is 0.333. The van der Waals surface area contributed by atoms with Crippen molar-refractivity contribution < 1.29 is 24.2 Å². The molecule has 1 saturated heterocycles. The number of benzene rings is 1. The van der Waals surface area contributed by atoms with Crippen molar-refractivity contribution in [3.63, 3.8) is 0 Å². The number of likely N-dealkylation sites (tertiary alicyclic amines) is 1. The molecule has 1 aliphatic rings. The number of rotatable bonds is 6. The molecule has 130 valence electrons. The Morgan fingerprint density at radius 2 is 1.79 bits per heavy atom. The smallest absolute Gasteiger partial charge is 0.331 e. The first-order valence-corrected chi connectivity index (χ1v) is 8.03. The molecule has 1 aromatic carbocycles. The van der Waals surface area contributed by atoms with E-state index in [-0.39, 0.29) is 12.5 Å². The topological polar surface area (TPSA) is 95.9 Å². The third-order valence-electron chi connectivity index (χ3n) is 3.86. The highest BCUT2D eigenvalue weighted by atomic mass is 16.5. The molecule has 0 aliphatic carbocycles. The van der Waals surface area contributed by atoms with Gasteiger partial charge >= 0.3 is 5.97 Å². The Kier molecular flexibility index (Phi) is 6.74. The van der Waals surface area contributed by atoms with Crippen molar-refractivity contribution in [3.8, 4) is 0 Å². The van der Waals surface area contributed by atoms with Crippen molar-refractivity contribution in [2.45, 2.75) is 25.3 Å². The van der Waals surface area contributed by atoms with Gasteiger partial charge in [0.05, 0.1) is 6.61 Å². The van der Waals surface area contributed by atoms with E-state index in [9.17, 15) is 19.5 Å². The van der Waals surface area contributed by atoms with Crippen LogP contribution in [0.15, 0.2) is 30.3 Å². The molecule has 0 bridgehead atoms. The maximum Gasteiger partial charge on any atom is 0.331 e. The van der Waals surface area contributed by atoms with Crippen LogP contribution in [0.3, 0.4) is 0 Å². The number of nitrogens with zero attached hydrogens (tertiary/aromatic N) is 1. The minimum Gasteiger partial charge on any atom is -0.454 e. The second-order valence-corrected chi connectivity index (χ2v) is 5.62. The average molecular weight is 334 g/mol. The molecule has 1 aromatic rings. The minimum absolute atomic E-state index is 0.255. The highest BCUT2D eigenvalue weighted by Gasteiger charge is 2.24. The van der Waals surface area contributed by atoms with E-state index in [2.05, 4.69) is 5.32 Å². The number of hydrogen-bond donors (Lipinski definition) is 2. The van der Waals surface area contributed by atoms with Crippen molar-refractivity contribution in [3.05, 3.63) is 35.9 Å². The van der Waals surface area contributed by atoms with Crippen molar-refractivity contribution in [1.29, 1.82) is 0 Å². The lowest BCUT2D eigenvalue weighted by Gasteiger charge is -2.26. The Morgan fingerprint density at radius 3 is 2.42 bits per heavy atom. The summed E-state index contributed by atoms with van der Waals surface area (Å²) in [7, 11) is 0. The summed E-state index contributed by atoms with van der Waals surface area (Å²) in [5.41, 5.74) is 0.369. The normalized spacial score (nSPS) is 15.5. The lowest BCUT2D eigenvalue weighted by Crippen LogP contribution is -2.46. The summed E-state index contributed by atoms with van der Waals surface area (Å²) in [5, 5.41) is 11.7. The lowest BCUT2D eigenvalue weighted by molar-refractivity contribution is -0.154. The first-order chi connectivity index (χ1) is 11.6. The monoisotopic (exact) mass is 334 g/mol. The highest BCUT2D eigenvalue weighted by molar-refractivity contribution is 5.97. The molecule has 24 heavy (non-hydrogen) atoms. The van der Waals surface area contributed by atoms with E-state index in [1.807, 2.05) is 0 Å². The fraction of sp³-hybridized carbons (Fsp3) is 0.471. The zero-order valence-corrected chi connectivity index (χ0v) is 13.4. The maximum atomic E-state index is 12.0. The molecule has 1 unspecified atom stereocenters. The zero-order valence-electron chi connectivity index (χ0n) is 13.4. The number of carbonyl (C=O) groups is 3. The molecule has 2 amide bonds. The summed E-state index contributed by atoms with van der Waals surface area (Å²) < 4.78 is 4.94. The van der Waals surface area contributed by atoms with Gasteiger partial charge in [-0.25, -0.2) is 4.79 Å². The molecular weight excluding hydrogens is 312 g/mol. The molecule has 1 atom stereocenters. The Balaban J connectivity index is 1.82. The first-order valence-electron chi connectivity index (χ1n) is 8.03. The average Bonchev–Trinajstić information content (AvgIpc) is 2.65. The number of aliphatic hydroxyl groups excluding tert-OH is 1. The summed E-state index contributed by atoms with van der Waals surface area (Å²) in [6, 6.07) is 7.13. The first kappa shape index (κ1) is 17.9. The fourth-order valence-corrected chi connectivity index (χ4v) is 2.48. The largest absolute Gasteiger partial charge is 0.454 e. The molecule has 7 nitrogen and oxygen atoms in total. The molecule has 2 rings (SSSR count). The molecule has 0 saturated carbocycles. The fourth-order valence-electron chi connectivity index (χ4n) is 2.48. The molecule has 0 spiro atoms. The van der Waals surface area contributed by atoms with Gasteiger partial charge in [0.15, 0.2) is 12.6 Å². The standard InChI is InChI=1S/C17H22N2O5/c20-11-14(18-16(22)13-7-3-1-4-8-13)17(23)24-12-15(21)19-9-5-2-6-10-19/h1,3-4,7-8,14,20H,2,5-6,9-12H2,(H,18,22). The van der Waals surface area contributed by atoms with Gasteiger partial charge in [0.2, 0.25) is 0 Å². The lowest BCUT2D eigenvalue weighted by atomic mass is 10.1. The van der Waals surface area contributed by atoms with Crippen molar-refractivity contribution in [2.75, 3.05) is 26.3 Å². The van der Waals surface area contributed by atoms with Crippen LogP contribution in [0.5, 0.6) is 0 Å². The number of hydrogen-bond acceptors (Lipinski definition) is 5. The van der Waals surface area contributed by atoms with Gasteiger partial charge in [-0.3, -0.25) is 9.59 Å². The van der Waals surface area contributed by atoms with Crippen LogP contribution < -0.4 is 5.32 Å². The van der Waals surface area contributed by atoms with E-state index in [0.717, 1.165) is 19.3 Å². The quantitative estimate of drug-likeness (QED) is 0.731.